The molecule has 5 heterocycles. The summed E-state index contributed by atoms with van der Waals surface area (Å²) in [5.74, 6) is 0.0726. The molecule has 0 radical (unpaired) electrons. The molecule has 6 rings (SSSR count). The normalized spacial score (nSPS) is 21.4. The van der Waals surface area contributed by atoms with E-state index < -0.39 is 6.04 Å². The highest BCUT2D eigenvalue weighted by Gasteiger charge is 2.64. The van der Waals surface area contributed by atoms with Gasteiger partial charge in [0, 0.05) is 36.3 Å². The molecule has 1 aliphatic carbocycles. The highest BCUT2D eigenvalue weighted by molar-refractivity contribution is 9.10. The van der Waals surface area contributed by atoms with Gasteiger partial charge in [-0.15, -0.1) is 0 Å². The second-order valence-electron chi connectivity index (χ2n) is 11.4. The molecule has 1 amide bonds. The van der Waals surface area contributed by atoms with Gasteiger partial charge in [-0.3, -0.25) is 24.0 Å². The average Bonchev–Trinajstić information content (AvgIpc) is 3.30. The van der Waals surface area contributed by atoms with Crippen LogP contribution in [0.5, 0.6) is 0 Å². The highest BCUT2D eigenvalue weighted by atomic mass is 79.9. The number of hydrogen-bond donors (Lipinski definition) is 0. The molecule has 1 unspecified atom stereocenters. The van der Waals surface area contributed by atoms with Crippen LogP contribution >= 0.6 is 15.9 Å². The van der Waals surface area contributed by atoms with E-state index in [4.69, 9.17) is 0 Å². The fraction of sp³-hybridized carbons (Fsp3) is 0.379. The lowest BCUT2D eigenvalue weighted by atomic mass is 9.97. The first-order chi connectivity index (χ1) is 19.5. The van der Waals surface area contributed by atoms with Crippen molar-refractivity contribution in [1.82, 2.24) is 39.5 Å². The molecule has 4 aromatic rings. The van der Waals surface area contributed by atoms with E-state index in [0.29, 0.717) is 51.2 Å². The zero-order valence-electron chi connectivity index (χ0n) is 23.2. The summed E-state index contributed by atoms with van der Waals surface area (Å²) in [6, 6.07) is 6.37. The molecular formula is C29H29BrN8O3. The number of halogens is 1. The molecule has 3 atom stereocenters. The Morgan fingerprint density at radius 3 is 2.54 bits per heavy atom. The van der Waals surface area contributed by atoms with E-state index in [-0.39, 0.29) is 41.2 Å². The van der Waals surface area contributed by atoms with Gasteiger partial charge >= 0.3 is 0 Å². The summed E-state index contributed by atoms with van der Waals surface area (Å²) in [6.07, 6.45) is 6.48. The third-order valence-corrected chi connectivity index (χ3v) is 8.35. The fourth-order valence-electron chi connectivity index (χ4n) is 5.75. The molecule has 4 aromatic heterocycles. The van der Waals surface area contributed by atoms with Crippen molar-refractivity contribution < 1.29 is 14.4 Å². The van der Waals surface area contributed by atoms with Crippen molar-refractivity contribution in [2.24, 2.45) is 5.41 Å². The Morgan fingerprint density at radius 2 is 1.85 bits per heavy atom. The van der Waals surface area contributed by atoms with Crippen LogP contribution in [0.3, 0.4) is 0 Å². The molecule has 2 aliphatic rings. The lowest BCUT2D eigenvalue weighted by Crippen LogP contribution is -2.45. The maximum atomic E-state index is 13.8. The summed E-state index contributed by atoms with van der Waals surface area (Å²) >= 11 is 3.33. The molecule has 1 saturated carbocycles. The van der Waals surface area contributed by atoms with Crippen molar-refractivity contribution in [3.05, 3.63) is 64.7 Å². The molecule has 1 saturated heterocycles. The van der Waals surface area contributed by atoms with Crippen molar-refractivity contribution in [1.29, 1.82) is 0 Å². The Balaban J connectivity index is 1.29. The second kappa shape index (κ2) is 10.2. The van der Waals surface area contributed by atoms with Gasteiger partial charge in [0.25, 0.3) is 0 Å². The molecule has 12 heteroatoms. The maximum Gasteiger partial charge on any atom is 0.245 e. The van der Waals surface area contributed by atoms with Crippen molar-refractivity contribution in [3.63, 3.8) is 0 Å². The van der Waals surface area contributed by atoms with Gasteiger partial charge in [0.1, 0.15) is 28.4 Å². The molecule has 210 valence electrons. The standard InChI is InChI=1S/C29H29BrN8O3/c1-16(39)27-18-8-20(17-11-32-25(33-12-17)14-36(3)4)31-13-22(18)37(35-27)15-26(40)38-21(9-29(2)10-23(29)38)28(41)19-6-5-7-24(30)34-19/h5-8,11-13,21,23H,9-10,14-15H2,1-4H3/t21-,23?,29-/m0/s1. The van der Waals surface area contributed by atoms with Crippen LogP contribution in [0.2, 0.25) is 0 Å². The van der Waals surface area contributed by atoms with Gasteiger partial charge in [0.05, 0.1) is 30.0 Å². The SMILES string of the molecule is CC(=O)c1nn(CC(=O)N2C3C[C@]3(C)C[C@H]2C(=O)c2cccc(Br)n2)c2cnc(-c3cnc(CN(C)C)nc3)cc12. The first-order valence-corrected chi connectivity index (χ1v) is 14.1. The minimum absolute atomic E-state index is 0.00889. The summed E-state index contributed by atoms with van der Waals surface area (Å²) in [7, 11) is 3.89. The van der Waals surface area contributed by atoms with Crippen molar-refractivity contribution >= 4 is 44.3 Å². The molecule has 0 N–H and O–H groups in total. The number of likely N-dealkylation sites (tertiary alicyclic amines) is 1. The minimum Gasteiger partial charge on any atom is -0.327 e. The molecule has 41 heavy (non-hydrogen) atoms. The van der Waals surface area contributed by atoms with Gasteiger partial charge in [-0.25, -0.2) is 15.0 Å². The van der Waals surface area contributed by atoms with E-state index in [1.54, 1.807) is 47.8 Å². The number of nitrogens with zero attached hydrogens (tertiary/aromatic N) is 8. The van der Waals surface area contributed by atoms with Gasteiger partial charge in [0.15, 0.2) is 5.78 Å². The number of piperidine rings is 1. The number of Topliss-reactive ketones (excluding diaryl/α,β-unsaturated/α-hetero) is 2. The number of fused-ring (bicyclic) bond motifs is 2. The van der Waals surface area contributed by atoms with E-state index in [1.165, 1.54) is 11.6 Å². The second-order valence-corrected chi connectivity index (χ2v) is 12.2. The number of rotatable bonds is 8. The summed E-state index contributed by atoms with van der Waals surface area (Å²) in [6.45, 7) is 4.06. The van der Waals surface area contributed by atoms with Gasteiger partial charge in [-0.05, 0) is 66.5 Å². The first-order valence-electron chi connectivity index (χ1n) is 13.4. The predicted octanol–water partition coefficient (Wildman–Crippen LogP) is 3.57. The lowest BCUT2D eigenvalue weighted by molar-refractivity contribution is -0.133. The van der Waals surface area contributed by atoms with Crippen molar-refractivity contribution in [2.45, 2.75) is 51.9 Å². The van der Waals surface area contributed by atoms with E-state index >= 15 is 0 Å². The smallest absolute Gasteiger partial charge is 0.245 e. The lowest BCUT2D eigenvalue weighted by Gasteiger charge is -2.26. The summed E-state index contributed by atoms with van der Waals surface area (Å²) in [5.41, 5.74) is 2.37. The third-order valence-electron chi connectivity index (χ3n) is 7.91. The monoisotopic (exact) mass is 616 g/mol. The highest BCUT2D eigenvalue weighted by Crippen LogP contribution is 2.59. The van der Waals surface area contributed by atoms with Crippen LogP contribution < -0.4 is 0 Å². The van der Waals surface area contributed by atoms with Gasteiger partial charge in [-0.2, -0.15) is 5.10 Å². The largest absolute Gasteiger partial charge is 0.327 e. The van der Waals surface area contributed by atoms with Gasteiger partial charge < -0.3 is 9.80 Å². The third kappa shape index (κ3) is 5.06. The van der Waals surface area contributed by atoms with Crippen LogP contribution in [0, 0.1) is 5.41 Å². The zero-order chi connectivity index (χ0) is 29.1. The van der Waals surface area contributed by atoms with Crippen LogP contribution in [0.25, 0.3) is 22.2 Å². The number of aromatic nitrogens is 6. The van der Waals surface area contributed by atoms with E-state index in [2.05, 4.69) is 47.9 Å². The van der Waals surface area contributed by atoms with Crippen LogP contribution in [-0.4, -0.2) is 83.2 Å². The van der Waals surface area contributed by atoms with Gasteiger partial charge in [-0.1, -0.05) is 13.0 Å². The fourth-order valence-corrected chi connectivity index (χ4v) is 6.09. The number of pyridine rings is 2. The average molecular weight is 618 g/mol. The molecule has 0 spiro atoms. The molecule has 2 fully saturated rings. The molecule has 0 bridgehead atoms. The van der Waals surface area contributed by atoms with E-state index in [1.807, 2.05) is 19.0 Å². The summed E-state index contributed by atoms with van der Waals surface area (Å²) in [4.78, 5) is 61.2. The van der Waals surface area contributed by atoms with Crippen LogP contribution in [0.4, 0.5) is 0 Å². The van der Waals surface area contributed by atoms with Gasteiger partial charge in [0.2, 0.25) is 11.7 Å². The Labute approximate surface area is 245 Å². The van der Waals surface area contributed by atoms with Crippen molar-refractivity contribution in [3.8, 4) is 11.3 Å². The predicted molar refractivity (Wildman–Crippen MR) is 154 cm³/mol. The number of carbonyl (C=O) groups is 3. The molecule has 0 aromatic carbocycles. The quantitative estimate of drug-likeness (QED) is 0.215. The van der Waals surface area contributed by atoms with E-state index in [0.717, 1.165) is 6.42 Å². The number of amides is 1. The number of carbonyl (C=O) groups excluding carboxylic acids is 3. The Hall–Kier alpha value is -3.90. The van der Waals surface area contributed by atoms with Crippen LogP contribution in [-0.2, 0) is 17.9 Å². The van der Waals surface area contributed by atoms with Crippen LogP contribution in [0.15, 0.2) is 47.5 Å². The Kier molecular flexibility index (Phi) is 6.77. The first kappa shape index (κ1) is 27.3. The minimum atomic E-state index is -0.595. The zero-order valence-corrected chi connectivity index (χ0v) is 24.8. The molecule has 11 nitrogen and oxygen atoms in total. The van der Waals surface area contributed by atoms with Crippen molar-refractivity contribution in [2.75, 3.05) is 14.1 Å². The van der Waals surface area contributed by atoms with Crippen LogP contribution in [0.1, 0.15) is 53.5 Å². The Morgan fingerprint density at radius 1 is 1.10 bits per heavy atom. The Bertz CT molecular complexity index is 1700. The summed E-state index contributed by atoms with van der Waals surface area (Å²) < 4.78 is 2.08. The topological polar surface area (TPSA) is 127 Å². The molecular weight excluding hydrogens is 588 g/mol. The number of ketones is 2. The summed E-state index contributed by atoms with van der Waals surface area (Å²) in [5, 5.41) is 5.11. The van der Waals surface area contributed by atoms with E-state index in [9.17, 15) is 14.4 Å². The number of hydrogen-bond acceptors (Lipinski definition) is 9. The maximum absolute atomic E-state index is 13.8. The molecule has 1 aliphatic heterocycles.